The highest BCUT2D eigenvalue weighted by Gasteiger charge is 2.17. The van der Waals surface area contributed by atoms with E-state index in [1.807, 2.05) is 50.5 Å². The molecule has 0 saturated carbocycles. The van der Waals surface area contributed by atoms with Crippen LogP contribution >= 0.6 is 24.0 Å². The smallest absolute Gasteiger partial charge is 0.195 e. The first-order chi connectivity index (χ1) is 14.5. The molecule has 0 bridgehead atoms. The van der Waals surface area contributed by atoms with Crippen molar-refractivity contribution in [3.8, 4) is 23.0 Å². The average Bonchev–Trinajstić information content (AvgIpc) is 2.77. The maximum Gasteiger partial charge on any atom is 0.195 e. The van der Waals surface area contributed by atoms with Gasteiger partial charge in [0.2, 0.25) is 0 Å². The molecule has 172 valence electrons. The highest BCUT2D eigenvalue weighted by molar-refractivity contribution is 14.0. The number of ether oxygens (including phenoxy) is 4. The summed E-state index contributed by atoms with van der Waals surface area (Å²) in [5, 5.41) is 6.66. The second-order valence-corrected chi connectivity index (χ2v) is 6.74. The summed E-state index contributed by atoms with van der Waals surface area (Å²) in [6.07, 6.45) is 0. The third-order valence-corrected chi connectivity index (χ3v) is 4.75. The van der Waals surface area contributed by atoms with Gasteiger partial charge >= 0.3 is 0 Å². The Bertz CT molecular complexity index is 861. The molecule has 1 atom stereocenters. The van der Waals surface area contributed by atoms with Gasteiger partial charge in [0, 0.05) is 25.3 Å². The lowest BCUT2D eigenvalue weighted by molar-refractivity contribution is 0.296. The normalized spacial score (nSPS) is 11.9. The largest absolute Gasteiger partial charge is 0.493 e. The predicted molar refractivity (Wildman–Crippen MR) is 136 cm³/mol. The van der Waals surface area contributed by atoms with Gasteiger partial charge in [-0.2, -0.15) is 0 Å². The molecular weight excluding hydrogens is 511 g/mol. The Labute approximate surface area is 201 Å². The molecule has 31 heavy (non-hydrogen) atoms. The molecule has 0 aromatic heterocycles. The maximum atomic E-state index is 5.45. The zero-order valence-electron chi connectivity index (χ0n) is 19.2. The lowest BCUT2D eigenvalue weighted by Crippen LogP contribution is -2.38. The van der Waals surface area contributed by atoms with E-state index in [-0.39, 0.29) is 30.0 Å². The van der Waals surface area contributed by atoms with E-state index < -0.39 is 0 Å². The van der Waals surface area contributed by atoms with Crippen molar-refractivity contribution in [3.63, 3.8) is 0 Å². The fourth-order valence-electron chi connectivity index (χ4n) is 3.08. The van der Waals surface area contributed by atoms with Crippen molar-refractivity contribution in [2.45, 2.75) is 6.04 Å². The Balaban J connectivity index is 0.00000480. The zero-order chi connectivity index (χ0) is 22.1. The topological polar surface area (TPSA) is 76.6 Å². The molecule has 2 rings (SSSR count). The van der Waals surface area contributed by atoms with Crippen LogP contribution in [-0.4, -0.2) is 67.0 Å². The summed E-state index contributed by atoms with van der Waals surface area (Å²) in [5.41, 5.74) is 1.94. The van der Waals surface area contributed by atoms with Crippen LogP contribution in [0.4, 0.5) is 5.69 Å². The fourth-order valence-corrected chi connectivity index (χ4v) is 3.08. The number of rotatable bonds is 9. The summed E-state index contributed by atoms with van der Waals surface area (Å²) in [4.78, 5) is 6.46. The van der Waals surface area contributed by atoms with Crippen LogP contribution in [-0.2, 0) is 0 Å². The van der Waals surface area contributed by atoms with Gasteiger partial charge in [-0.1, -0.05) is 6.07 Å². The molecular formula is C22H33IN4O4. The SMILES string of the molecule is CN=C(NCC(c1ccc(OC)c(OC)c1)N(C)C)Nc1ccc(OC)c(OC)c1.I. The maximum absolute atomic E-state index is 5.45. The summed E-state index contributed by atoms with van der Waals surface area (Å²) < 4.78 is 21.5. The van der Waals surface area contributed by atoms with Crippen LogP contribution in [0.2, 0.25) is 0 Å². The van der Waals surface area contributed by atoms with Crippen molar-refractivity contribution in [2.24, 2.45) is 4.99 Å². The van der Waals surface area contributed by atoms with Gasteiger partial charge in [0.1, 0.15) is 0 Å². The highest BCUT2D eigenvalue weighted by atomic mass is 127. The van der Waals surface area contributed by atoms with Crippen LogP contribution < -0.4 is 29.6 Å². The van der Waals surface area contributed by atoms with Gasteiger partial charge in [0.25, 0.3) is 0 Å². The van der Waals surface area contributed by atoms with Gasteiger partial charge in [-0.3, -0.25) is 4.99 Å². The first kappa shape index (κ1) is 26.6. The van der Waals surface area contributed by atoms with Crippen molar-refractivity contribution in [1.82, 2.24) is 10.2 Å². The molecule has 0 aliphatic heterocycles. The molecule has 9 heteroatoms. The van der Waals surface area contributed by atoms with Crippen molar-refractivity contribution in [3.05, 3.63) is 42.0 Å². The minimum atomic E-state index is 0. The molecule has 1 unspecified atom stereocenters. The van der Waals surface area contributed by atoms with E-state index in [1.54, 1.807) is 35.5 Å². The summed E-state index contributed by atoms with van der Waals surface area (Å²) in [6, 6.07) is 11.7. The number of anilines is 1. The van der Waals surface area contributed by atoms with Gasteiger partial charge in [-0.25, -0.2) is 0 Å². The number of nitrogens with one attached hydrogen (secondary N) is 2. The second-order valence-electron chi connectivity index (χ2n) is 6.74. The van der Waals surface area contributed by atoms with Gasteiger partial charge in [0.05, 0.1) is 34.5 Å². The van der Waals surface area contributed by atoms with Gasteiger partial charge in [-0.05, 0) is 43.9 Å². The first-order valence-corrected chi connectivity index (χ1v) is 9.55. The number of methoxy groups -OCH3 is 4. The summed E-state index contributed by atoms with van der Waals surface area (Å²) >= 11 is 0. The number of likely N-dealkylation sites (N-methyl/N-ethyl adjacent to an activating group) is 1. The van der Waals surface area contributed by atoms with Crippen molar-refractivity contribution >= 4 is 35.6 Å². The summed E-state index contributed by atoms with van der Waals surface area (Å²) in [6.45, 7) is 0.634. The number of hydrogen-bond acceptors (Lipinski definition) is 6. The minimum absolute atomic E-state index is 0. The summed E-state index contributed by atoms with van der Waals surface area (Å²) in [5.74, 6) is 3.38. The predicted octanol–water partition coefficient (Wildman–Crippen LogP) is 3.63. The van der Waals surface area contributed by atoms with Crippen LogP contribution in [0.5, 0.6) is 23.0 Å². The zero-order valence-corrected chi connectivity index (χ0v) is 21.5. The van der Waals surface area contributed by atoms with E-state index >= 15 is 0 Å². The molecule has 0 heterocycles. The molecule has 2 N–H and O–H groups in total. The molecule has 0 aliphatic carbocycles. The minimum Gasteiger partial charge on any atom is -0.493 e. The van der Waals surface area contributed by atoms with Gasteiger partial charge in [-0.15, -0.1) is 24.0 Å². The monoisotopic (exact) mass is 544 g/mol. The van der Waals surface area contributed by atoms with Gasteiger partial charge < -0.3 is 34.5 Å². The van der Waals surface area contributed by atoms with Crippen molar-refractivity contribution < 1.29 is 18.9 Å². The lowest BCUT2D eigenvalue weighted by Gasteiger charge is -2.26. The Hall–Kier alpha value is -2.40. The second kappa shape index (κ2) is 13.1. The Kier molecular flexibility index (Phi) is 11.3. The van der Waals surface area contributed by atoms with E-state index in [0.717, 1.165) is 11.3 Å². The number of halogens is 1. The van der Waals surface area contributed by atoms with Crippen LogP contribution in [0.3, 0.4) is 0 Å². The third-order valence-electron chi connectivity index (χ3n) is 4.75. The lowest BCUT2D eigenvalue weighted by atomic mass is 10.1. The van der Waals surface area contributed by atoms with E-state index in [4.69, 9.17) is 18.9 Å². The van der Waals surface area contributed by atoms with E-state index in [2.05, 4.69) is 20.5 Å². The number of aliphatic imine (C=N–C) groups is 1. The molecule has 0 spiro atoms. The van der Waals surface area contributed by atoms with Crippen molar-refractivity contribution in [2.75, 3.05) is 61.4 Å². The Morgan fingerprint density at radius 2 is 1.42 bits per heavy atom. The van der Waals surface area contributed by atoms with Gasteiger partial charge in [0.15, 0.2) is 29.0 Å². The van der Waals surface area contributed by atoms with Crippen LogP contribution in [0.15, 0.2) is 41.4 Å². The molecule has 2 aromatic carbocycles. The fraction of sp³-hybridized carbons (Fsp3) is 0.409. The molecule has 0 amide bonds. The Morgan fingerprint density at radius 3 is 1.94 bits per heavy atom. The number of hydrogen-bond donors (Lipinski definition) is 2. The van der Waals surface area contributed by atoms with Crippen LogP contribution in [0, 0.1) is 0 Å². The van der Waals surface area contributed by atoms with E-state index in [0.29, 0.717) is 35.5 Å². The summed E-state index contributed by atoms with van der Waals surface area (Å²) in [7, 11) is 12.3. The van der Waals surface area contributed by atoms with E-state index in [9.17, 15) is 0 Å². The molecule has 2 aromatic rings. The van der Waals surface area contributed by atoms with E-state index in [1.165, 1.54) is 0 Å². The standard InChI is InChI=1S/C22H32N4O4.HI/c1-23-22(25-16-9-11-19(28-5)21(13-16)30-7)24-14-17(26(2)3)15-8-10-18(27-4)20(12-15)29-6;/h8-13,17H,14H2,1-7H3,(H2,23,24,25);1H. The molecule has 0 aliphatic rings. The average molecular weight is 544 g/mol. The first-order valence-electron chi connectivity index (χ1n) is 9.55. The van der Waals surface area contributed by atoms with Crippen molar-refractivity contribution in [1.29, 1.82) is 0 Å². The number of guanidine groups is 1. The quantitative estimate of drug-likeness (QED) is 0.284. The Morgan fingerprint density at radius 1 is 0.871 bits per heavy atom. The van der Waals surface area contributed by atoms with Crippen LogP contribution in [0.25, 0.3) is 0 Å². The third kappa shape index (κ3) is 7.06. The number of benzene rings is 2. The molecule has 8 nitrogen and oxygen atoms in total. The molecule has 0 radical (unpaired) electrons. The molecule has 0 fully saturated rings. The number of nitrogens with zero attached hydrogens (tertiary/aromatic N) is 2. The molecule has 0 saturated heterocycles. The highest BCUT2D eigenvalue weighted by Crippen LogP contribution is 2.31. The van der Waals surface area contributed by atoms with Crippen LogP contribution in [0.1, 0.15) is 11.6 Å².